The summed E-state index contributed by atoms with van der Waals surface area (Å²) in [6.07, 6.45) is 1.50. The Kier molecular flexibility index (Phi) is 3.97. The average molecular weight is 299 g/mol. The van der Waals surface area contributed by atoms with Gasteiger partial charge in [-0.3, -0.25) is 0 Å². The van der Waals surface area contributed by atoms with E-state index in [0.29, 0.717) is 11.6 Å². The first-order valence-electron chi connectivity index (χ1n) is 7.30. The normalized spacial score (nSPS) is 15.8. The third kappa shape index (κ3) is 3.20. The SMILES string of the molecule is CN1CCN(c2ccc(Nc3ncc(N)c(N)n3)cc2)CC1. The molecule has 116 valence electrons. The maximum absolute atomic E-state index is 5.68. The number of likely N-dealkylation sites (N-methyl/N-ethyl adjacent to an activating group) is 1. The van der Waals surface area contributed by atoms with Crippen LogP contribution in [0.5, 0.6) is 0 Å². The lowest BCUT2D eigenvalue weighted by atomic mass is 10.2. The second kappa shape index (κ2) is 6.07. The first kappa shape index (κ1) is 14.4. The molecule has 0 atom stereocenters. The number of hydrogen-bond acceptors (Lipinski definition) is 7. The third-order valence-corrected chi connectivity index (χ3v) is 3.84. The predicted molar refractivity (Wildman–Crippen MR) is 90.3 cm³/mol. The Balaban J connectivity index is 1.67. The van der Waals surface area contributed by atoms with Crippen LogP contribution >= 0.6 is 0 Å². The van der Waals surface area contributed by atoms with Crippen LogP contribution in [0.4, 0.5) is 28.8 Å². The number of aromatic nitrogens is 2. The lowest BCUT2D eigenvalue weighted by Gasteiger charge is -2.34. The minimum atomic E-state index is 0.284. The molecule has 22 heavy (non-hydrogen) atoms. The van der Waals surface area contributed by atoms with Crippen molar-refractivity contribution in [3.8, 4) is 0 Å². The Hall–Kier alpha value is -2.54. The summed E-state index contributed by atoms with van der Waals surface area (Å²) in [7, 11) is 2.16. The topological polar surface area (TPSA) is 96.3 Å². The summed E-state index contributed by atoms with van der Waals surface area (Å²) in [5.74, 6) is 0.727. The fraction of sp³-hybridized carbons (Fsp3) is 0.333. The predicted octanol–water partition coefficient (Wildman–Crippen LogP) is 1.14. The molecule has 3 rings (SSSR count). The van der Waals surface area contributed by atoms with Gasteiger partial charge in [-0.2, -0.15) is 4.98 Å². The van der Waals surface area contributed by atoms with Gasteiger partial charge in [-0.1, -0.05) is 0 Å². The molecule has 2 aromatic rings. The highest BCUT2D eigenvalue weighted by Crippen LogP contribution is 2.21. The van der Waals surface area contributed by atoms with E-state index >= 15 is 0 Å². The molecule has 0 unspecified atom stereocenters. The van der Waals surface area contributed by atoms with Gasteiger partial charge < -0.3 is 26.6 Å². The number of nitrogens with zero attached hydrogens (tertiary/aromatic N) is 4. The second-order valence-corrected chi connectivity index (χ2v) is 5.50. The molecule has 0 saturated carbocycles. The molecule has 1 fully saturated rings. The zero-order chi connectivity index (χ0) is 15.5. The number of nitrogens with one attached hydrogen (secondary N) is 1. The molecule has 1 aromatic heterocycles. The van der Waals surface area contributed by atoms with E-state index in [2.05, 4.69) is 44.3 Å². The van der Waals surface area contributed by atoms with Crippen LogP contribution in [-0.4, -0.2) is 48.1 Å². The number of rotatable bonds is 3. The molecule has 1 aliphatic heterocycles. The quantitative estimate of drug-likeness (QED) is 0.782. The standard InChI is InChI=1S/C15H21N7/c1-21-6-8-22(9-7-21)12-4-2-11(3-5-12)19-15-18-10-13(16)14(17)20-15/h2-5,10H,6-9,16H2,1H3,(H3,17,18,19,20). The molecule has 1 aliphatic rings. The van der Waals surface area contributed by atoms with Crippen molar-refractivity contribution in [1.82, 2.24) is 14.9 Å². The van der Waals surface area contributed by atoms with Crippen molar-refractivity contribution in [3.63, 3.8) is 0 Å². The van der Waals surface area contributed by atoms with Crippen molar-refractivity contribution in [2.75, 3.05) is 54.9 Å². The maximum Gasteiger partial charge on any atom is 0.229 e. The molecule has 0 spiro atoms. The van der Waals surface area contributed by atoms with Gasteiger partial charge in [0.1, 0.15) is 0 Å². The van der Waals surface area contributed by atoms with Crippen molar-refractivity contribution >= 4 is 28.8 Å². The van der Waals surface area contributed by atoms with Gasteiger partial charge in [-0.15, -0.1) is 0 Å². The smallest absolute Gasteiger partial charge is 0.229 e. The molecular weight excluding hydrogens is 278 g/mol. The minimum absolute atomic E-state index is 0.284. The fourth-order valence-corrected chi connectivity index (χ4v) is 2.41. The molecule has 5 N–H and O–H groups in total. The molecular formula is C15H21N7. The molecule has 0 amide bonds. The summed E-state index contributed by atoms with van der Waals surface area (Å²) in [4.78, 5) is 12.9. The van der Waals surface area contributed by atoms with Gasteiger partial charge >= 0.3 is 0 Å². The van der Waals surface area contributed by atoms with Crippen LogP contribution in [0.1, 0.15) is 0 Å². The van der Waals surface area contributed by atoms with Gasteiger partial charge in [0, 0.05) is 37.6 Å². The Labute approximate surface area is 129 Å². The minimum Gasteiger partial charge on any atom is -0.394 e. The maximum atomic E-state index is 5.68. The lowest BCUT2D eigenvalue weighted by molar-refractivity contribution is 0.313. The highest BCUT2D eigenvalue weighted by molar-refractivity contribution is 5.63. The van der Waals surface area contributed by atoms with Crippen LogP contribution in [0.25, 0.3) is 0 Å². The Bertz CT molecular complexity index is 633. The first-order chi connectivity index (χ1) is 10.6. The highest BCUT2D eigenvalue weighted by atomic mass is 15.2. The van der Waals surface area contributed by atoms with E-state index < -0.39 is 0 Å². The number of benzene rings is 1. The van der Waals surface area contributed by atoms with Gasteiger partial charge in [0.2, 0.25) is 5.95 Å². The number of anilines is 5. The second-order valence-electron chi connectivity index (χ2n) is 5.50. The molecule has 2 heterocycles. The zero-order valence-corrected chi connectivity index (χ0v) is 12.7. The van der Waals surface area contributed by atoms with Crippen LogP contribution in [0.2, 0.25) is 0 Å². The van der Waals surface area contributed by atoms with Crippen molar-refractivity contribution in [3.05, 3.63) is 30.5 Å². The molecule has 7 nitrogen and oxygen atoms in total. The summed E-state index contributed by atoms with van der Waals surface area (Å²) in [5.41, 5.74) is 13.8. The number of hydrogen-bond donors (Lipinski definition) is 3. The molecule has 7 heteroatoms. The van der Waals surface area contributed by atoms with Crippen LogP contribution < -0.4 is 21.7 Å². The molecule has 0 radical (unpaired) electrons. The van der Waals surface area contributed by atoms with Crippen molar-refractivity contribution in [1.29, 1.82) is 0 Å². The molecule has 0 aliphatic carbocycles. The van der Waals surface area contributed by atoms with Gasteiger partial charge in [0.05, 0.1) is 11.9 Å². The number of nitrogen functional groups attached to an aromatic ring is 2. The summed E-state index contributed by atoms with van der Waals surface area (Å²) < 4.78 is 0. The van der Waals surface area contributed by atoms with Crippen LogP contribution in [0.15, 0.2) is 30.5 Å². The molecule has 1 saturated heterocycles. The summed E-state index contributed by atoms with van der Waals surface area (Å²) in [5, 5.41) is 3.12. The van der Waals surface area contributed by atoms with Crippen LogP contribution in [0.3, 0.4) is 0 Å². The number of nitrogens with two attached hydrogens (primary N) is 2. The average Bonchev–Trinajstić information content (AvgIpc) is 2.53. The number of piperazine rings is 1. The van der Waals surface area contributed by atoms with E-state index in [0.717, 1.165) is 31.9 Å². The summed E-state index contributed by atoms with van der Waals surface area (Å²) in [6, 6.07) is 8.25. The zero-order valence-electron chi connectivity index (χ0n) is 12.7. The van der Waals surface area contributed by atoms with Gasteiger partial charge in [0.15, 0.2) is 5.82 Å². The van der Waals surface area contributed by atoms with E-state index in [-0.39, 0.29) is 5.82 Å². The van der Waals surface area contributed by atoms with Gasteiger partial charge in [-0.05, 0) is 31.3 Å². The lowest BCUT2D eigenvalue weighted by Crippen LogP contribution is -2.44. The summed E-state index contributed by atoms with van der Waals surface area (Å²) >= 11 is 0. The Morgan fingerprint density at radius 2 is 1.73 bits per heavy atom. The summed E-state index contributed by atoms with van der Waals surface area (Å²) in [6.45, 7) is 4.30. The van der Waals surface area contributed by atoms with Crippen LogP contribution in [0, 0.1) is 0 Å². The Morgan fingerprint density at radius 3 is 2.36 bits per heavy atom. The van der Waals surface area contributed by atoms with E-state index in [1.54, 1.807) is 0 Å². The monoisotopic (exact) mass is 299 g/mol. The van der Waals surface area contributed by atoms with E-state index in [1.807, 2.05) is 12.1 Å². The fourth-order valence-electron chi connectivity index (χ4n) is 2.41. The van der Waals surface area contributed by atoms with Gasteiger partial charge in [0.25, 0.3) is 0 Å². The van der Waals surface area contributed by atoms with E-state index in [1.165, 1.54) is 11.9 Å². The highest BCUT2D eigenvalue weighted by Gasteiger charge is 2.14. The van der Waals surface area contributed by atoms with Crippen molar-refractivity contribution in [2.45, 2.75) is 0 Å². The van der Waals surface area contributed by atoms with Crippen molar-refractivity contribution in [2.24, 2.45) is 0 Å². The first-order valence-corrected chi connectivity index (χ1v) is 7.30. The van der Waals surface area contributed by atoms with E-state index in [4.69, 9.17) is 11.5 Å². The largest absolute Gasteiger partial charge is 0.394 e. The third-order valence-electron chi connectivity index (χ3n) is 3.84. The molecule has 1 aromatic carbocycles. The molecule has 0 bridgehead atoms. The van der Waals surface area contributed by atoms with Crippen LogP contribution in [-0.2, 0) is 0 Å². The van der Waals surface area contributed by atoms with Gasteiger partial charge in [-0.25, -0.2) is 4.98 Å². The van der Waals surface area contributed by atoms with E-state index in [9.17, 15) is 0 Å². The Morgan fingerprint density at radius 1 is 1.05 bits per heavy atom. The van der Waals surface area contributed by atoms with Crippen molar-refractivity contribution < 1.29 is 0 Å².